The van der Waals surface area contributed by atoms with Crippen LogP contribution in [0, 0.1) is 0 Å². The molecule has 0 saturated carbocycles. The number of pyridine rings is 1. The van der Waals surface area contributed by atoms with Crippen LogP contribution in [0.2, 0.25) is 0 Å². The van der Waals surface area contributed by atoms with Crippen LogP contribution in [0.1, 0.15) is 38.8 Å². The quantitative estimate of drug-likeness (QED) is 0.827. The van der Waals surface area contributed by atoms with Crippen LogP contribution in [0.4, 0.5) is 0 Å². The van der Waals surface area contributed by atoms with Gasteiger partial charge in [0.05, 0.1) is 19.7 Å². The number of hydrogen-bond donors (Lipinski definition) is 1. The van der Waals surface area contributed by atoms with Crippen molar-refractivity contribution in [2.24, 2.45) is 5.73 Å². The molecule has 1 aromatic rings. The summed E-state index contributed by atoms with van der Waals surface area (Å²) in [6.07, 6.45) is 3.33. The highest BCUT2D eigenvalue weighted by molar-refractivity contribution is 5.70. The molecule has 18 heavy (non-hydrogen) atoms. The Kier molecular flexibility index (Phi) is 4.67. The van der Waals surface area contributed by atoms with E-state index in [1.165, 1.54) is 0 Å². The van der Waals surface area contributed by atoms with E-state index < -0.39 is 11.6 Å². The van der Waals surface area contributed by atoms with Gasteiger partial charge in [-0.05, 0) is 32.4 Å². The van der Waals surface area contributed by atoms with E-state index in [1.54, 1.807) is 25.6 Å². The molecule has 5 nitrogen and oxygen atoms in total. The Labute approximate surface area is 107 Å². The van der Waals surface area contributed by atoms with Crippen LogP contribution < -0.4 is 10.5 Å². The number of nitrogens with two attached hydrogens (primary N) is 1. The van der Waals surface area contributed by atoms with Crippen molar-refractivity contribution in [1.82, 2.24) is 4.98 Å². The minimum absolute atomic E-state index is 0.117. The average molecular weight is 252 g/mol. The molecular formula is C13H20N2O3. The van der Waals surface area contributed by atoms with E-state index >= 15 is 0 Å². The van der Waals surface area contributed by atoms with Gasteiger partial charge in [0.15, 0.2) is 0 Å². The average Bonchev–Trinajstić information content (AvgIpc) is 2.26. The highest BCUT2D eigenvalue weighted by Crippen LogP contribution is 2.19. The van der Waals surface area contributed by atoms with E-state index in [2.05, 4.69) is 4.98 Å². The molecule has 2 N–H and O–H groups in total. The van der Waals surface area contributed by atoms with Crippen molar-refractivity contribution in [2.45, 2.75) is 38.8 Å². The molecule has 0 aromatic carbocycles. The predicted octanol–water partition coefficient (Wildman–Crippen LogP) is 1.82. The summed E-state index contributed by atoms with van der Waals surface area (Å²) in [5, 5.41) is 0. The Morgan fingerprint density at radius 2 is 2.11 bits per heavy atom. The number of carbonyl (C=O) groups excluding carboxylic acids is 1. The van der Waals surface area contributed by atoms with Crippen molar-refractivity contribution >= 4 is 5.97 Å². The molecule has 0 saturated heterocycles. The standard InChI is InChI=1S/C13H20N2O3/c1-13(2,3)18-12(16)6-11(14)9-5-10(17-4)8-15-7-9/h5,7-8,11H,6,14H2,1-4H3. The van der Waals surface area contributed by atoms with Crippen LogP contribution in [-0.2, 0) is 9.53 Å². The van der Waals surface area contributed by atoms with Crippen LogP contribution in [-0.4, -0.2) is 23.7 Å². The second kappa shape index (κ2) is 5.82. The summed E-state index contributed by atoms with van der Waals surface area (Å²) in [6, 6.07) is 1.32. The number of aromatic nitrogens is 1. The molecule has 5 heteroatoms. The fourth-order valence-corrected chi connectivity index (χ4v) is 1.43. The molecule has 1 unspecified atom stereocenters. The summed E-state index contributed by atoms with van der Waals surface area (Å²) in [4.78, 5) is 15.6. The van der Waals surface area contributed by atoms with E-state index in [-0.39, 0.29) is 12.4 Å². The third-order valence-electron chi connectivity index (χ3n) is 2.20. The Bertz CT molecular complexity index is 413. The lowest BCUT2D eigenvalue weighted by molar-refractivity contribution is -0.155. The normalized spacial score (nSPS) is 12.9. The fourth-order valence-electron chi connectivity index (χ4n) is 1.43. The van der Waals surface area contributed by atoms with Crippen LogP contribution in [0.25, 0.3) is 0 Å². The highest BCUT2D eigenvalue weighted by Gasteiger charge is 2.19. The van der Waals surface area contributed by atoms with Crippen LogP contribution in [0.3, 0.4) is 0 Å². The molecule has 0 aliphatic heterocycles. The maximum atomic E-state index is 11.6. The maximum Gasteiger partial charge on any atom is 0.308 e. The minimum Gasteiger partial charge on any atom is -0.495 e. The molecular weight excluding hydrogens is 232 g/mol. The zero-order valence-electron chi connectivity index (χ0n) is 11.3. The van der Waals surface area contributed by atoms with Gasteiger partial charge in [0, 0.05) is 12.2 Å². The largest absolute Gasteiger partial charge is 0.495 e. The SMILES string of the molecule is COc1cncc(C(N)CC(=O)OC(C)(C)C)c1. The Morgan fingerprint density at radius 1 is 1.44 bits per heavy atom. The lowest BCUT2D eigenvalue weighted by Gasteiger charge is -2.21. The Morgan fingerprint density at radius 3 is 2.67 bits per heavy atom. The van der Waals surface area contributed by atoms with Gasteiger partial charge in [0.1, 0.15) is 11.4 Å². The van der Waals surface area contributed by atoms with E-state index in [4.69, 9.17) is 15.2 Å². The van der Waals surface area contributed by atoms with E-state index in [0.717, 1.165) is 5.56 Å². The van der Waals surface area contributed by atoms with E-state index in [1.807, 2.05) is 20.8 Å². The van der Waals surface area contributed by atoms with Gasteiger partial charge in [-0.3, -0.25) is 9.78 Å². The van der Waals surface area contributed by atoms with Gasteiger partial charge in [-0.15, -0.1) is 0 Å². The number of nitrogens with zero attached hydrogens (tertiary/aromatic N) is 1. The molecule has 0 bridgehead atoms. The Balaban J connectivity index is 2.64. The first kappa shape index (κ1) is 14.4. The van der Waals surface area contributed by atoms with E-state index in [9.17, 15) is 4.79 Å². The van der Waals surface area contributed by atoms with Crippen LogP contribution in [0.15, 0.2) is 18.5 Å². The minimum atomic E-state index is -0.497. The Hall–Kier alpha value is -1.62. The lowest BCUT2D eigenvalue weighted by Crippen LogP contribution is -2.26. The van der Waals surface area contributed by atoms with Gasteiger partial charge >= 0.3 is 5.97 Å². The number of hydrogen-bond acceptors (Lipinski definition) is 5. The molecule has 0 aliphatic rings. The molecule has 100 valence electrons. The molecule has 0 radical (unpaired) electrons. The monoisotopic (exact) mass is 252 g/mol. The van der Waals surface area contributed by atoms with Crippen molar-refractivity contribution in [3.8, 4) is 5.75 Å². The zero-order chi connectivity index (χ0) is 13.8. The topological polar surface area (TPSA) is 74.4 Å². The predicted molar refractivity (Wildman–Crippen MR) is 68.2 cm³/mol. The third-order valence-corrected chi connectivity index (χ3v) is 2.20. The number of methoxy groups -OCH3 is 1. The van der Waals surface area contributed by atoms with Gasteiger partial charge in [-0.25, -0.2) is 0 Å². The summed E-state index contributed by atoms with van der Waals surface area (Å²) in [5.41, 5.74) is 6.20. The van der Waals surface area contributed by atoms with Crippen LogP contribution >= 0.6 is 0 Å². The van der Waals surface area contributed by atoms with Gasteiger partial charge < -0.3 is 15.2 Å². The highest BCUT2D eigenvalue weighted by atomic mass is 16.6. The van der Waals surface area contributed by atoms with Crippen molar-refractivity contribution in [2.75, 3.05) is 7.11 Å². The first-order valence-electron chi connectivity index (χ1n) is 5.78. The molecule has 0 fully saturated rings. The van der Waals surface area contributed by atoms with Gasteiger partial charge in [0.2, 0.25) is 0 Å². The number of carbonyl (C=O) groups is 1. The molecule has 1 rings (SSSR count). The lowest BCUT2D eigenvalue weighted by atomic mass is 10.1. The summed E-state index contributed by atoms with van der Waals surface area (Å²) >= 11 is 0. The van der Waals surface area contributed by atoms with Gasteiger partial charge in [-0.1, -0.05) is 0 Å². The summed E-state index contributed by atoms with van der Waals surface area (Å²) in [7, 11) is 1.56. The second-order valence-electron chi connectivity index (χ2n) is 5.06. The zero-order valence-corrected chi connectivity index (χ0v) is 11.3. The van der Waals surface area contributed by atoms with E-state index in [0.29, 0.717) is 5.75 Å². The smallest absolute Gasteiger partial charge is 0.308 e. The molecule has 0 aliphatic carbocycles. The molecule has 1 aromatic heterocycles. The van der Waals surface area contributed by atoms with Gasteiger partial charge in [-0.2, -0.15) is 0 Å². The fraction of sp³-hybridized carbons (Fsp3) is 0.538. The van der Waals surface area contributed by atoms with Crippen molar-refractivity contribution in [1.29, 1.82) is 0 Å². The molecule has 1 heterocycles. The summed E-state index contributed by atoms with van der Waals surface area (Å²) < 4.78 is 10.3. The van der Waals surface area contributed by atoms with Crippen molar-refractivity contribution < 1.29 is 14.3 Å². The summed E-state index contributed by atoms with van der Waals surface area (Å²) in [5.74, 6) is 0.296. The summed E-state index contributed by atoms with van der Waals surface area (Å²) in [6.45, 7) is 5.47. The first-order valence-corrected chi connectivity index (χ1v) is 5.78. The first-order chi connectivity index (χ1) is 8.31. The number of esters is 1. The van der Waals surface area contributed by atoms with Crippen LogP contribution in [0.5, 0.6) is 5.75 Å². The second-order valence-corrected chi connectivity index (χ2v) is 5.06. The molecule has 1 atom stereocenters. The molecule has 0 amide bonds. The maximum absolute atomic E-state index is 11.6. The number of ether oxygens (including phenoxy) is 2. The number of rotatable bonds is 4. The van der Waals surface area contributed by atoms with Crippen molar-refractivity contribution in [3.63, 3.8) is 0 Å². The third kappa shape index (κ3) is 4.71. The van der Waals surface area contributed by atoms with Crippen molar-refractivity contribution in [3.05, 3.63) is 24.0 Å². The molecule has 0 spiro atoms. The van der Waals surface area contributed by atoms with Gasteiger partial charge in [0.25, 0.3) is 0 Å².